The molecule has 4 nitrogen and oxygen atoms in total. The summed E-state index contributed by atoms with van der Waals surface area (Å²) in [4.78, 5) is 4.80. The van der Waals surface area contributed by atoms with Crippen LogP contribution < -0.4 is 10.6 Å². The van der Waals surface area contributed by atoms with E-state index in [9.17, 15) is 0 Å². The van der Waals surface area contributed by atoms with Crippen LogP contribution in [0.25, 0.3) is 0 Å². The Morgan fingerprint density at radius 2 is 1.14 bits per heavy atom. The predicted octanol–water partition coefficient (Wildman–Crippen LogP) is 3.89. The number of benzene rings is 1. The first-order chi connectivity index (χ1) is 10.5. The Balaban J connectivity index is 2.69. The summed E-state index contributed by atoms with van der Waals surface area (Å²) in [5.41, 5.74) is 2.33. The van der Waals surface area contributed by atoms with E-state index >= 15 is 0 Å². The number of nitrogens with one attached hydrogen (secondary N) is 2. The minimum atomic E-state index is 0.338. The average Bonchev–Trinajstić information content (AvgIpc) is 2.50. The summed E-state index contributed by atoms with van der Waals surface area (Å²) in [6.45, 7) is 17.5. The molecular weight excluding hydrogens is 272 g/mol. The molecular formula is C18H34N4. The molecule has 2 atom stereocenters. The van der Waals surface area contributed by atoms with Gasteiger partial charge in [0.2, 0.25) is 0 Å². The first kappa shape index (κ1) is 18.8. The van der Waals surface area contributed by atoms with Gasteiger partial charge in [0.15, 0.2) is 0 Å². The standard InChI is InChI=1S/C18H34N4/c1-7-21(8-2)15(5)19-17-12-11-13-18(14-17)20-16(6)22(9-3)10-4/h11-16,19-20H,7-10H2,1-6H3. The normalized spacial score (nSPS) is 14.2. The third-order valence-electron chi connectivity index (χ3n) is 4.33. The molecule has 0 heterocycles. The van der Waals surface area contributed by atoms with Crippen LogP contribution in [0.15, 0.2) is 24.3 Å². The maximum absolute atomic E-state index is 3.59. The van der Waals surface area contributed by atoms with Crippen molar-refractivity contribution in [3.63, 3.8) is 0 Å². The minimum Gasteiger partial charge on any atom is -0.370 e. The molecule has 0 spiro atoms. The minimum absolute atomic E-state index is 0.338. The lowest BCUT2D eigenvalue weighted by molar-refractivity contribution is 0.252. The Morgan fingerprint density at radius 3 is 1.45 bits per heavy atom. The van der Waals surface area contributed by atoms with Crippen molar-refractivity contribution in [1.82, 2.24) is 9.80 Å². The van der Waals surface area contributed by atoms with Crippen molar-refractivity contribution in [2.24, 2.45) is 0 Å². The van der Waals surface area contributed by atoms with Crippen molar-refractivity contribution in [1.29, 1.82) is 0 Å². The van der Waals surface area contributed by atoms with Gasteiger partial charge in [-0.3, -0.25) is 9.80 Å². The molecule has 0 saturated carbocycles. The van der Waals surface area contributed by atoms with E-state index in [0.717, 1.165) is 37.6 Å². The van der Waals surface area contributed by atoms with Gasteiger partial charge < -0.3 is 10.6 Å². The summed E-state index contributed by atoms with van der Waals surface area (Å²) in [5.74, 6) is 0. The average molecular weight is 306 g/mol. The van der Waals surface area contributed by atoms with Crippen LogP contribution in [0.1, 0.15) is 41.5 Å². The van der Waals surface area contributed by atoms with Gasteiger partial charge in [-0.05, 0) is 58.2 Å². The zero-order chi connectivity index (χ0) is 16.5. The molecule has 2 N–H and O–H groups in total. The van der Waals surface area contributed by atoms with Crippen LogP contribution >= 0.6 is 0 Å². The van der Waals surface area contributed by atoms with Crippen molar-refractivity contribution in [2.45, 2.75) is 53.9 Å². The van der Waals surface area contributed by atoms with E-state index in [0.29, 0.717) is 12.3 Å². The largest absolute Gasteiger partial charge is 0.370 e. The highest BCUT2D eigenvalue weighted by Crippen LogP contribution is 2.18. The van der Waals surface area contributed by atoms with Gasteiger partial charge in [0.1, 0.15) is 0 Å². The van der Waals surface area contributed by atoms with Crippen LogP contribution in [-0.4, -0.2) is 48.3 Å². The smallest absolute Gasteiger partial charge is 0.0764 e. The van der Waals surface area contributed by atoms with Crippen LogP contribution in [0.5, 0.6) is 0 Å². The van der Waals surface area contributed by atoms with E-state index in [1.165, 1.54) is 0 Å². The second-order valence-electron chi connectivity index (χ2n) is 5.66. The summed E-state index contributed by atoms with van der Waals surface area (Å²) in [6.07, 6.45) is 0.677. The predicted molar refractivity (Wildman–Crippen MR) is 98.5 cm³/mol. The molecule has 0 radical (unpaired) electrons. The Bertz CT molecular complexity index is 378. The number of anilines is 2. The molecule has 0 aromatic heterocycles. The summed E-state index contributed by atoms with van der Waals surface area (Å²) in [6, 6.07) is 8.56. The quantitative estimate of drug-likeness (QED) is 0.642. The molecule has 1 rings (SSSR count). The lowest BCUT2D eigenvalue weighted by Crippen LogP contribution is -2.39. The highest BCUT2D eigenvalue weighted by atomic mass is 15.3. The number of hydrogen-bond acceptors (Lipinski definition) is 4. The summed E-state index contributed by atoms with van der Waals surface area (Å²) in [7, 11) is 0. The third kappa shape index (κ3) is 5.50. The summed E-state index contributed by atoms with van der Waals surface area (Å²) < 4.78 is 0. The molecule has 22 heavy (non-hydrogen) atoms. The van der Waals surface area contributed by atoms with E-state index in [2.05, 4.69) is 86.2 Å². The zero-order valence-corrected chi connectivity index (χ0v) is 15.2. The van der Waals surface area contributed by atoms with E-state index < -0.39 is 0 Å². The molecule has 0 bridgehead atoms. The highest BCUT2D eigenvalue weighted by Gasteiger charge is 2.11. The maximum Gasteiger partial charge on any atom is 0.0764 e. The van der Waals surface area contributed by atoms with Crippen LogP contribution in [0.3, 0.4) is 0 Å². The molecule has 0 fully saturated rings. The van der Waals surface area contributed by atoms with Gasteiger partial charge in [-0.1, -0.05) is 33.8 Å². The van der Waals surface area contributed by atoms with Crippen molar-refractivity contribution in [3.05, 3.63) is 24.3 Å². The lowest BCUT2D eigenvalue weighted by Gasteiger charge is -2.29. The second-order valence-corrected chi connectivity index (χ2v) is 5.66. The van der Waals surface area contributed by atoms with Crippen molar-refractivity contribution >= 4 is 11.4 Å². The molecule has 1 aromatic rings. The Hall–Kier alpha value is -1.26. The molecule has 0 aliphatic heterocycles. The SMILES string of the molecule is CCN(CC)C(C)Nc1cccc(NC(C)N(CC)CC)c1. The lowest BCUT2D eigenvalue weighted by atomic mass is 10.2. The number of rotatable bonds is 10. The Kier molecular flexibility index (Phi) is 8.28. The van der Waals surface area contributed by atoms with Crippen LogP contribution in [0, 0.1) is 0 Å². The topological polar surface area (TPSA) is 30.5 Å². The van der Waals surface area contributed by atoms with Gasteiger partial charge >= 0.3 is 0 Å². The van der Waals surface area contributed by atoms with Gasteiger partial charge in [-0.15, -0.1) is 0 Å². The summed E-state index contributed by atoms with van der Waals surface area (Å²) in [5, 5.41) is 7.17. The molecule has 2 unspecified atom stereocenters. The third-order valence-corrected chi connectivity index (χ3v) is 4.33. The molecule has 0 saturated heterocycles. The van der Waals surface area contributed by atoms with Crippen LogP contribution in [0.2, 0.25) is 0 Å². The Labute approximate surface area is 136 Å². The molecule has 1 aromatic carbocycles. The molecule has 0 amide bonds. The van der Waals surface area contributed by atoms with E-state index in [4.69, 9.17) is 0 Å². The molecule has 0 aliphatic rings. The van der Waals surface area contributed by atoms with Gasteiger partial charge in [-0.25, -0.2) is 0 Å². The highest BCUT2D eigenvalue weighted by molar-refractivity contribution is 5.57. The Morgan fingerprint density at radius 1 is 0.773 bits per heavy atom. The maximum atomic E-state index is 3.59. The monoisotopic (exact) mass is 306 g/mol. The zero-order valence-electron chi connectivity index (χ0n) is 15.2. The fourth-order valence-corrected chi connectivity index (χ4v) is 2.91. The van der Waals surface area contributed by atoms with Crippen LogP contribution in [0.4, 0.5) is 11.4 Å². The van der Waals surface area contributed by atoms with Gasteiger partial charge in [0, 0.05) is 11.4 Å². The molecule has 0 aliphatic carbocycles. The van der Waals surface area contributed by atoms with E-state index in [1.807, 2.05) is 0 Å². The first-order valence-corrected chi connectivity index (χ1v) is 8.66. The van der Waals surface area contributed by atoms with Gasteiger partial charge in [-0.2, -0.15) is 0 Å². The fraction of sp³-hybridized carbons (Fsp3) is 0.667. The number of hydrogen-bond donors (Lipinski definition) is 2. The number of nitrogens with zero attached hydrogens (tertiary/aromatic N) is 2. The van der Waals surface area contributed by atoms with Crippen molar-refractivity contribution in [2.75, 3.05) is 36.8 Å². The van der Waals surface area contributed by atoms with Gasteiger partial charge in [0.05, 0.1) is 12.3 Å². The summed E-state index contributed by atoms with van der Waals surface area (Å²) >= 11 is 0. The van der Waals surface area contributed by atoms with Crippen molar-refractivity contribution in [3.8, 4) is 0 Å². The van der Waals surface area contributed by atoms with Gasteiger partial charge in [0.25, 0.3) is 0 Å². The van der Waals surface area contributed by atoms with E-state index in [1.54, 1.807) is 0 Å². The molecule has 126 valence electrons. The van der Waals surface area contributed by atoms with E-state index in [-0.39, 0.29) is 0 Å². The first-order valence-electron chi connectivity index (χ1n) is 8.66. The fourth-order valence-electron chi connectivity index (χ4n) is 2.91. The second kappa shape index (κ2) is 9.70. The molecule has 4 heteroatoms. The van der Waals surface area contributed by atoms with Crippen molar-refractivity contribution < 1.29 is 0 Å². The van der Waals surface area contributed by atoms with Crippen LogP contribution in [-0.2, 0) is 0 Å².